The van der Waals surface area contributed by atoms with Crippen molar-refractivity contribution in [2.45, 2.75) is 331 Å². The number of nitrogens with one attached hydrogen (secondary N) is 13. The quantitative estimate of drug-likeness (QED) is 0.0142. The third-order valence-electron chi connectivity index (χ3n) is 25.9. The highest BCUT2D eigenvalue weighted by Gasteiger charge is 2.46. The van der Waals surface area contributed by atoms with Crippen molar-refractivity contribution in [2.75, 3.05) is 138 Å². The second-order valence-electron chi connectivity index (χ2n) is 36.9. The zero-order chi connectivity index (χ0) is 103. The molecule has 796 valence electrons. The van der Waals surface area contributed by atoms with Gasteiger partial charge in [-0.2, -0.15) is 0 Å². The number of azide groups is 1. The molecule has 13 amide bonds. The zero-order valence-corrected chi connectivity index (χ0v) is 85.7. The van der Waals surface area contributed by atoms with Crippen LogP contribution in [0.5, 0.6) is 5.75 Å². The van der Waals surface area contributed by atoms with Crippen LogP contribution in [0.15, 0.2) is 23.3 Å². The number of unbranched alkanes of at least 4 members (excludes halogenated alkanes) is 5. The molecule has 13 N–H and O–H groups in total. The number of amides is 13. The van der Waals surface area contributed by atoms with Crippen molar-refractivity contribution in [1.29, 1.82) is 0 Å². The first-order chi connectivity index (χ1) is 67.2. The maximum Gasteiger partial charge on any atom is 0.251 e. The molecule has 5 rings (SSSR count). The molecule has 4 saturated heterocycles. The van der Waals surface area contributed by atoms with Gasteiger partial charge in [0.25, 0.3) is 11.8 Å². The molecule has 0 aromatic heterocycles. The van der Waals surface area contributed by atoms with Gasteiger partial charge in [0, 0.05) is 135 Å². The van der Waals surface area contributed by atoms with Crippen LogP contribution in [0.25, 0.3) is 10.4 Å². The number of carbonyl (C=O) groups excluding carboxylic acids is 13. The Morgan fingerprint density at radius 1 is 0.364 bits per heavy atom. The second-order valence-corrected chi connectivity index (χ2v) is 36.9. The summed E-state index contributed by atoms with van der Waals surface area (Å²) in [5, 5.41) is 40.9. The summed E-state index contributed by atoms with van der Waals surface area (Å²) in [6, 6.07) is 0.572. The predicted octanol–water partition coefficient (Wildman–Crippen LogP) is 6.55. The van der Waals surface area contributed by atoms with Crippen LogP contribution in [0.4, 0.5) is 0 Å². The van der Waals surface area contributed by atoms with Gasteiger partial charge < -0.3 is 131 Å². The Balaban J connectivity index is 1.23. The molecule has 20 unspecified atom stereocenters. The fraction of sp³-hybridized carbons (Fsp3) is 0.806. The minimum absolute atomic E-state index is 0.0126. The van der Waals surface area contributed by atoms with Gasteiger partial charge >= 0.3 is 0 Å². The van der Waals surface area contributed by atoms with E-state index in [0.29, 0.717) is 130 Å². The second kappa shape index (κ2) is 69.8. The van der Waals surface area contributed by atoms with E-state index in [0.717, 1.165) is 19.3 Å². The summed E-state index contributed by atoms with van der Waals surface area (Å²) >= 11 is 0. The average Bonchev–Trinajstić information content (AvgIpc) is 0.810. The molecule has 0 aliphatic carbocycles. The molecular formula is C98H168N16O26. The standard InChI is InChI=1S/C98H168N16O26/c1-16-75-58-62(5)87(108-69(12)115)95(137-75)136-49-36-86(123)113-78(31-21-26-38-101-83(120)33-23-28-46-134-97-89(110-71(14)117)67(10)64(7)80(18-3)139-97)94(127)106-42-40-104-92(125)74-59-73(60-76(61-74)132-51-43-102-84(121)35-48-128-52-54-130-56-57-131-55-53-129-50-44-107-114-99)91(124)103-39-41-105-93(126)77(112-85(122)34-24-29-47-135-98-90(111-72(15)118)68(11)65(8)81(19-4)140-98)30-20-25-37-100-82(119)32-22-27-45-133-96-88(109-70(13)116)66(9)63(6)79(17-2)138-96/h59-68,75,77-81,87-90,95-98H,16-58H2,1-15H3,(H,100,119)(H,101,120)(H,102,121)(H,103,124)(H,104,125)(H,105,126)(H,106,127)(H,108,115)(H,109,116)(H,110,117)(H,111,118)(H,112,122)(H,113,123)/t62?,63?,64?,65?,66?,67?,68?,75?,77?,78-,79?,80?,81?,87?,88?,89?,90?,95?,96?,97?,98?/m0/s1. The normalized spacial score (nSPS) is 24.2. The lowest BCUT2D eigenvalue weighted by molar-refractivity contribution is -0.236. The van der Waals surface area contributed by atoms with E-state index in [2.05, 4.69) is 135 Å². The van der Waals surface area contributed by atoms with Crippen molar-refractivity contribution < 1.29 is 124 Å². The van der Waals surface area contributed by atoms with Crippen molar-refractivity contribution >= 4 is 76.8 Å². The molecule has 42 heteroatoms. The summed E-state index contributed by atoms with van der Waals surface area (Å²) in [5.41, 5.74) is 8.31. The van der Waals surface area contributed by atoms with E-state index in [4.69, 9.17) is 67.1 Å². The molecule has 0 bridgehead atoms. The van der Waals surface area contributed by atoms with Crippen LogP contribution in [0, 0.1) is 41.4 Å². The topological polar surface area (TPSA) is 547 Å². The Kier molecular flexibility index (Phi) is 60.5. The summed E-state index contributed by atoms with van der Waals surface area (Å²) in [4.78, 5) is 175. The fourth-order valence-electron chi connectivity index (χ4n) is 17.4. The van der Waals surface area contributed by atoms with Crippen LogP contribution >= 0.6 is 0 Å². The SMILES string of the molecule is CCC1CC(C)C(NC(C)=O)C(OCCC(=O)N[C@@H](CCCCNC(=O)CCCCOC2OC(CC)C(C)C(C)C2NC(C)=O)C(=O)NCCNC(=O)c2cc(OCCNC(=O)CCOCCOCCOCCOCCN=[N+]=[N-])cc(C(=O)NCCNC(=O)C(CCCCNC(=O)CCCCOC3OC(CC)C(C)C(C)C3NC(C)=O)NC(=O)CCCCOC3OC(CC)C(C)C(C)C3NC(C)=O)c2)O1. The first kappa shape index (κ1) is 121. The Hall–Kier alpha value is -9.04. The van der Waals surface area contributed by atoms with E-state index in [1.807, 2.05) is 20.8 Å². The van der Waals surface area contributed by atoms with Gasteiger partial charge in [-0.25, -0.2) is 0 Å². The summed E-state index contributed by atoms with van der Waals surface area (Å²) in [5.74, 6) is -3.83. The van der Waals surface area contributed by atoms with Gasteiger partial charge in [0.1, 0.15) is 24.4 Å². The summed E-state index contributed by atoms with van der Waals surface area (Å²) < 4.78 is 77.6. The number of hydrogen-bond donors (Lipinski definition) is 13. The highest BCUT2D eigenvalue weighted by Crippen LogP contribution is 2.37. The molecule has 140 heavy (non-hydrogen) atoms. The first-order valence-corrected chi connectivity index (χ1v) is 51.0. The largest absolute Gasteiger partial charge is 0.492 e. The third kappa shape index (κ3) is 47.4. The maximum absolute atomic E-state index is 14.2. The predicted molar refractivity (Wildman–Crippen MR) is 520 cm³/mol. The molecule has 1 aromatic carbocycles. The molecule has 4 aliphatic rings. The Morgan fingerprint density at radius 3 is 1.13 bits per heavy atom. The fourth-order valence-corrected chi connectivity index (χ4v) is 17.4. The molecule has 42 nitrogen and oxygen atoms in total. The lowest BCUT2D eigenvalue weighted by Crippen LogP contribution is -2.57. The van der Waals surface area contributed by atoms with Gasteiger partial charge in [0.05, 0.1) is 121 Å². The Bertz CT molecular complexity index is 3930. The number of rotatable bonds is 71. The number of nitrogens with zero attached hydrogens (tertiary/aromatic N) is 3. The van der Waals surface area contributed by atoms with Crippen LogP contribution in [-0.2, 0) is 110 Å². The molecule has 4 heterocycles. The van der Waals surface area contributed by atoms with Gasteiger partial charge in [0.15, 0.2) is 25.2 Å². The van der Waals surface area contributed by atoms with E-state index in [1.54, 1.807) is 0 Å². The van der Waals surface area contributed by atoms with Gasteiger partial charge in [-0.05, 0) is 174 Å². The summed E-state index contributed by atoms with van der Waals surface area (Å²) in [6.45, 7) is 31.7. The van der Waals surface area contributed by atoms with E-state index < -0.39 is 78.7 Å². The molecular weight excluding hydrogens is 1820 g/mol. The lowest BCUT2D eigenvalue weighted by Gasteiger charge is -2.44. The number of hydrogen-bond acceptors (Lipinski definition) is 27. The number of carbonyl (C=O) groups is 13. The molecule has 21 atom stereocenters. The lowest BCUT2D eigenvalue weighted by atomic mass is 9.81. The smallest absolute Gasteiger partial charge is 0.251 e. The summed E-state index contributed by atoms with van der Waals surface area (Å²) in [7, 11) is 0. The van der Waals surface area contributed by atoms with Crippen LogP contribution < -0.4 is 73.9 Å². The van der Waals surface area contributed by atoms with Crippen molar-refractivity contribution in [3.8, 4) is 5.75 Å². The van der Waals surface area contributed by atoms with Crippen LogP contribution in [-0.4, -0.2) is 301 Å². The molecule has 0 saturated carbocycles. The maximum atomic E-state index is 14.2. The van der Waals surface area contributed by atoms with Crippen molar-refractivity contribution in [3.63, 3.8) is 0 Å². The van der Waals surface area contributed by atoms with E-state index in [-0.39, 0.29) is 273 Å². The first-order valence-electron chi connectivity index (χ1n) is 51.0. The minimum Gasteiger partial charge on any atom is -0.492 e. The van der Waals surface area contributed by atoms with E-state index >= 15 is 0 Å². The van der Waals surface area contributed by atoms with Crippen LogP contribution in [0.1, 0.15) is 266 Å². The van der Waals surface area contributed by atoms with Gasteiger partial charge in [-0.3, -0.25) is 62.3 Å². The molecule has 4 fully saturated rings. The van der Waals surface area contributed by atoms with Gasteiger partial charge in [-0.1, -0.05) is 81.3 Å². The Labute approximate surface area is 827 Å². The average molecular weight is 1990 g/mol. The van der Waals surface area contributed by atoms with Crippen molar-refractivity contribution in [1.82, 2.24) is 69.1 Å². The number of ether oxygens (including phenoxy) is 13. The van der Waals surface area contributed by atoms with Crippen LogP contribution in [0.3, 0.4) is 0 Å². The molecule has 4 aliphatic heterocycles. The third-order valence-corrected chi connectivity index (χ3v) is 25.9. The molecule has 1 aromatic rings. The van der Waals surface area contributed by atoms with Crippen molar-refractivity contribution in [3.05, 3.63) is 39.8 Å². The zero-order valence-electron chi connectivity index (χ0n) is 85.7. The van der Waals surface area contributed by atoms with Gasteiger partial charge in [0.2, 0.25) is 65.0 Å². The van der Waals surface area contributed by atoms with Crippen LogP contribution in [0.2, 0.25) is 0 Å². The highest BCUT2D eigenvalue weighted by atomic mass is 16.7. The monoisotopic (exact) mass is 1990 g/mol. The van der Waals surface area contributed by atoms with Gasteiger partial charge in [-0.15, -0.1) is 0 Å². The summed E-state index contributed by atoms with van der Waals surface area (Å²) in [6.07, 6.45) is 6.32. The van der Waals surface area contributed by atoms with E-state index in [1.165, 1.54) is 45.9 Å². The molecule has 0 radical (unpaired) electrons. The highest BCUT2D eigenvalue weighted by molar-refractivity contribution is 6.00. The van der Waals surface area contributed by atoms with E-state index in [9.17, 15) is 62.3 Å². The minimum atomic E-state index is -1.07. The number of benzene rings is 1. The Morgan fingerprint density at radius 2 is 0.721 bits per heavy atom. The van der Waals surface area contributed by atoms with Crippen molar-refractivity contribution in [2.24, 2.45) is 46.5 Å². The molecule has 0 spiro atoms.